The third-order valence-corrected chi connectivity index (χ3v) is 5.03. The Balaban J connectivity index is 2.09. The normalized spacial score (nSPS) is 18.3. The highest BCUT2D eigenvalue weighted by atomic mass is 19.1. The largest absolute Gasteiger partial charge is 0.507 e. The number of aliphatic hydroxyl groups is 1. The highest BCUT2D eigenvalue weighted by Gasteiger charge is 2.46. The van der Waals surface area contributed by atoms with Crippen LogP contribution in [0.15, 0.2) is 54.1 Å². The first kappa shape index (κ1) is 22.5. The van der Waals surface area contributed by atoms with Gasteiger partial charge < -0.3 is 19.6 Å². The van der Waals surface area contributed by atoms with Crippen molar-refractivity contribution in [2.24, 2.45) is 0 Å². The number of rotatable bonds is 7. The molecule has 0 aliphatic carbocycles. The van der Waals surface area contributed by atoms with E-state index in [4.69, 9.17) is 4.74 Å². The minimum absolute atomic E-state index is 0.0116. The van der Waals surface area contributed by atoms with Crippen molar-refractivity contribution in [2.75, 3.05) is 27.2 Å². The summed E-state index contributed by atoms with van der Waals surface area (Å²) in [5.74, 6) is -1.85. The standard InChI is InChI=1S/C24H27FN2O4/c1-15(2)31-17-11-9-16(10-12-17)22(28)20-21(18-7-5-6-8-19(18)25)27(14-13-26(3)4)24(30)23(20)29/h5-12,15,21,28H,13-14H2,1-4H3/b22-20+/t21-/m0/s1. The molecule has 1 heterocycles. The molecular weight excluding hydrogens is 399 g/mol. The number of amides is 1. The maximum atomic E-state index is 14.7. The van der Waals surface area contributed by atoms with Crippen molar-refractivity contribution in [3.63, 3.8) is 0 Å². The lowest BCUT2D eigenvalue weighted by atomic mass is 9.95. The van der Waals surface area contributed by atoms with Crippen LogP contribution in [0.2, 0.25) is 0 Å². The Hall–Kier alpha value is -3.19. The fraction of sp³-hybridized carbons (Fsp3) is 0.333. The number of halogens is 1. The zero-order chi connectivity index (χ0) is 22.7. The second-order valence-electron chi connectivity index (χ2n) is 8.01. The van der Waals surface area contributed by atoms with E-state index < -0.39 is 23.5 Å². The summed E-state index contributed by atoms with van der Waals surface area (Å²) in [7, 11) is 3.69. The number of aliphatic hydroxyl groups excluding tert-OH is 1. The summed E-state index contributed by atoms with van der Waals surface area (Å²) in [6.45, 7) is 4.50. The van der Waals surface area contributed by atoms with E-state index in [-0.39, 0.29) is 29.5 Å². The van der Waals surface area contributed by atoms with Gasteiger partial charge in [0.15, 0.2) is 0 Å². The summed E-state index contributed by atoms with van der Waals surface area (Å²) >= 11 is 0. The molecule has 1 amide bonds. The minimum atomic E-state index is -1.01. The average molecular weight is 426 g/mol. The van der Waals surface area contributed by atoms with Crippen molar-refractivity contribution in [1.82, 2.24) is 9.80 Å². The first-order valence-corrected chi connectivity index (χ1v) is 10.2. The molecule has 2 aromatic carbocycles. The predicted octanol–water partition coefficient (Wildman–Crippen LogP) is 3.60. The fourth-order valence-electron chi connectivity index (χ4n) is 3.56. The molecule has 0 radical (unpaired) electrons. The van der Waals surface area contributed by atoms with Crippen LogP contribution in [0.1, 0.15) is 31.0 Å². The van der Waals surface area contributed by atoms with Gasteiger partial charge in [-0.25, -0.2) is 4.39 Å². The molecule has 0 unspecified atom stereocenters. The Bertz CT molecular complexity index is 999. The topological polar surface area (TPSA) is 70.1 Å². The van der Waals surface area contributed by atoms with Gasteiger partial charge in [0, 0.05) is 24.2 Å². The van der Waals surface area contributed by atoms with Gasteiger partial charge in [0.2, 0.25) is 0 Å². The minimum Gasteiger partial charge on any atom is -0.507 e. The van der Waals surface area contributed by atoms with E-state index in [0.717, 1.165) is 0 Å². The van der Waals surface area contributed by atoms with Gasteiger partial charge in [0.1, 0.15) is 17.3 Å². The van der Waals surface area contributed by atoms with Gasteiger partial charge in [-0.15, -0.1) is 0 Å². The molecule has 1 fully saturated rings. The number of ether oxygens (including phenoxy) is 1. The Morgan fingerprint density at radius 2 is 1.77 bits per heavy atom. The van der Waals surface area contributed by atoms with E-state index >= 15 is 0 Å². The molecule has 0 spiro atoms. The number of likely N-dealkylation sites (N-methyl/N-ethyl adjacent to an activating group) is 1. The molecular formula is C24H27FN2O4. The van der Waals surface area contributed by atoms with Crippen LogP contribution in [0, 0.1) is 5.82 Å². The van der Waals surface area contributed by atoms with E-state index in [1.54, 1.807) is 30.3 Å². The average Bonchev–Trinajstić information content (AvgIpc) is 2.96. The van der Waals surface area contributed by atoms with Gasteiger partial charge in [-0.05, 0) is 58.3 Å². The smallest absolute Gasteiger partial charge is 0.295 e. The lowest BCUT2D eigenvalue weighted by Gasteiger charge is -2.26. The molecule has 3 rings (SSSR count). The number of ketones is 1. The van der Waals surface area contributed by atoms with E-state index in [0.29, 0.717) is 17.9 Å². The molecule has 1 atom stereocenters. The molecule has 0 saturated carbocycles. The van der Waals surface area contributed by atoms with Gasteiger partial charge in [-0.2, -0.15) is 0 Å². The summed E-state index contributed by atoms with van der Waals surface area (Å²) in [6.07, 6.45) is -0.0116. The second kappa shape index (κ2) is 9.31. The number of Topliss-reactive ketones (excluding diaryl/α,β-unsaturated/α-hetero) is 1. The molecule has 164 valence electrons. The maximum Gasteiger partial charge on any atom is 0.295 e. The number of nitrogens with zero attached hydrogens (tertiary/aromatic N) is 2. The number of hydrogen-bond donors (Lipinski definition) is 1. The molecule has 1 saturated heterocycles. The summed E-state index contributed by atoms with van der Waals surface area (Å²) in [5.41, 5.74) is 0.399. The molecule has 2 aromatic rings. The van der Waals surface area contributed by atoms with Crippen LogP contribution in [-0.2, 0) is 9.59 Å². The van der Waals surface area contributed by atoms with Crippen molar-refractivity contribution in [3.8, 4) is 5.75 Å². The Labute approximate surface area is 181 Å². The fourth-order valence-corrected chi connectivity index (χ4v) is 3.56. The van der Waals surface area contributed by atoms with Crippen LogP contribution >= 0.6 is 0 Å². The van der Waals surface area contributed by atoms with E-state index in [1.807, 2.05) is 32.8 Å². The Morgan fingerprint density at radius 3 is 2.35 bits per heavy atom. The van der Waals surface area contributed by atoms with Crippen LogP contribution in [-0.4, -0.2) is 59.9 Å². The molecule has 1 aliphatic rings. The zero-order valence-corrected chi connectivity index (χ0v) is 18.1. The lowest BCUT2D eigenvalue weighted by Crippen LogP contribution is -2.35. The number of hydrogen-bond acceptors (Lipinski definition) is 5. The number of likely N-dealkylation sites (tertiary alicyclic amines) is 1. The zero-order valence-electron chi connectivity index (χ0n) is 18.1. The van der Waals surface area contributed by atoms with Crippen molar-refractivity contribution < 1.29 is 23.8 Å². The number of carbonyl (C=O) groups excluding carboxylic acids is 2. The molecule has 31 heavy (non-hydrogen) atoms. The van der Waals surface area contributed by atoms with Gasteiger partial charge in [0.05, 0.1) is 17.7 Å². The van der Waals surface area contributed by atoms with Crippen molar-refractivity contribution >= 4 is 17.4 Å². The summed E-state index contributed by atoms with van der Waals surface area (Å²) in [6, 6.07) is 11.6. The Kier molecular flexibility index (Phi) is 6.75. The van der Waals surface area contributed by atoms with Gasteiger partial charge in [0.25, 0.3) is 11.7 Å². The second-order valence-corrected chi connectivity index (χ2v) is 8.01. The van der Waals surface area contributed by atoms with Crippen molar-refractivity contribution in [2.45, 2.75) is 26.0 Å². The molecule has 1 aliphatic heterocycles. The lowest BCUT2D eigenvalue weighted by molar-refractivity contribution is -0.140. The summed E-state index contributed by atoms with van der Waals surface area (Å²) < 4.78 is 20.3. The number of benzene rings is 2. The molecule has 1 N–H and O–H groups in total. The molecule has 6 nitrogen and oxygen atoms in total. The predicted molar refractivity (Wildman–Crippen MR) is 116 cm³/mol. The van der Waals surface area contributed by atoms with Crippen LogP contribution < -0.4 is 4.74 Å². The molecule has 0 aromatic heterocycles. The van der Waals surface area contributed by atoms with Gasteiger partial charge in [-0.1, -0.05) is 18.2 Å². The summed E-state index contributed by atoms with van der Waals surface area (Å²) in [4.78, 5) is 28.9. The monoisotopic (exact) mass is 426 g/mol. The van der Waals surface area contributed by atoms with E-state index in [9.17, 15) is 19.1 Å². The maximum absolute atomic E-state index is 14.7. The van der Waals surface area contributed by atoms with Crippen LogP contribution in [0.5, 0.6) is 5.75 Å². The van der Waals surface area contributed by atoms with Crippen LogP contribution in [0.3, 0.4) is 0 Å². The van der Waals surface area contributed by atoms with Crippen LogP contribution in [0.4, 0.5) is 4.39 Å². The quantitative estimate of drug-likeness (QED) is 0.416. The van der Waals surface area contributed by atoms with Crippen molar-refractivity contribution in [1.29, 1.82) is 0 Å². The third kappa shape index (κ3) is 4.77. The highest BCUT2D eigenvalue weighted by Crippen LogP contribution is 2.40. The first-order valence-electron chi connectivity index (χ1n) is 10.2. The van der Waals surface area contributed by atoms with E-state index in [2.05, 4.69) is 0 Å². The number of carbonyl (C=O) groups is 2. The molecule has 0 bridgehead atoms. The van der Waals surface area contributed by atoms with E-state index in [1.165, 1.54) is 23.1 Å². The first-order chi connectivity index (χ1) is 14.7. The van der Waals surface area contributed by atoms with Gasteiger partial charge in [-0.3, -0.25) is 9.59 Å². The highest BCUT2D eigenvalue weighted by molar-refractivity contribution is 6.46. The van der Waals surface area contributed by atoms with Crippen LogP contribution in [0.25, 0.3) is 5.76 Å². The SMILES string of the molecule is CC(C)Oc1ccc(/C(O)=C2\C(=O)C(=O)N(CCN(C)C)[C@H]2c2ccccc2F)cc1. The van der Waals surface area contributed by atoms with Crippen molar-refractivity contribution in [3.05, 3.63) is 71.0 Å². The molecule has 7 heteroatoms. The Morgan fingerprint density at radius 1 is 1.13 bits per heavy atom. The summed E-state index contributed by atoms with van der Waals surface area (Å²) in [5, 5.41) is 11.0. The third-order valence-electron chi connectivity index (χ3n) is 5.03. The van der Waals surface area contributed by atoms with Gasteiger partial charge >= 0.3 is 0 Å².